The Balaban J connectivity index is 2.81. The van der Waals surface area contributed by atoms with Gasteiger partial charge in [-0.1, -0.05) is 19.4 Å². The van der Waals surface area contributed by atoms with Gasteiger partial charge in [0, 0.05) is 14.1 Å². The fraction of sp³-hybridized carbons (Fsp3) is 0.429. The van der Waals surface area contributed by atoms with Crippen LogP contribution in [-0.4, -0.2) is 23.8 Å². The zero-order chi connectivity index (χ0) is 14.9. The molecule has 0 fully saturated rings. The summed E-state index contributed by atoms with van der Waals surface area (Å²) in [7, 11) is 3.41. The maximum atomic E-state index is 13.9. The van der Waals surface area contributed by atoms with Gasteiger partial charge in [0.25, 0.3) is 5.56 Å². The molecule has 0 saturated heterocycles. The van der Waals surface area contributed by atoms with Gasteiger partial charge in [-0.15, -0.1) is 0 Å². The third kappa shape index (κ3) is 2.38. The first-order valence-corrected chi connectivity index (χ1v) is 6.61. The van der Waals surface area contributed by atoms with Gasteiger partial charge in [0.05, 0.1) is 11.6 Å². The Bertz CT molecular complexity index is 681. The molecule has 0 aliphatic rings. The number of rotatable bonds is 4. The van der Waals surface area contributed by atoms with Crippen molar-refractivity contribution >= 4 is 10.9 Å². The van der Waals surface area contributed by atoms with Crippen LogP contribution >= 0.6 is 0 Å². The maximum Gasteiger partial charge on any atom is 0.283 e. The molecule has 1 aromatic carbocycles. The quantitative estimate of drug-likeness (QED) is 0.921. The Morgan fingerprint density at radius 1 is 1.45 bits per heavy atom. The molecule has 0 bridgehead atoms. The van der Waals surface area contributed by atoms with Gasteiger partial charge in [-0.25, -0.2) is 14.1 Å². The number of halogens is 1. The van der Waals surface area contributed by atoms with Crippen LogP contribution in [0.5, 0.6) is 0 Å². The smallest absolute Gasteiger partial charge is 0.283 e. The summed E-state index contributed by atoms with van der Waals surface area (Å²) in [5.74, 6) is -0.105. The molecule has 0 radical (unpaired) electrons. The molecule has 0 saturated carbocycles. The van der Waals surface area contributed by atoms with Crippen LogP contribution in [0, 0.1) is 5.82 Å². The van der Waals surface area contributed by atoms with Crippen LogP contribution in [-0.2, 0) is 0 Å². The molecule has 0 aliphatic carbocycles. The molecule has 108 valence electrons. The SMILES string of the molecule is CCC[C@H](N)c1nc2cccc(F)c2c(=O)n1N(C)C. The van der Waals surface area contributed by atoms with Crippen LogP contribution in [0.1, 0.15) is 31.6 Å². The molecule has 20 heavy (non-hydrogen) atoms. The van der Waals surface area contributed by atoms with E-state index in [1.54, 1.807) is 31.2 Å². The summed E-state index contributed by atoms with van der Waals surface area (Å²) in [5, 5.41) is 1.57. The molecule has 1 heterocycles. The van der Waals surface area contributed by atoms with E-state index in [-0.39, 0.29) is 11.4 Å². The highest BCUT2D eigenvalue weighted by atomic mass is 19.1. The number of hydrogen-bond donors (Lipinski definition) is 1. The van der Waals surface area contributed by atoms with Gasteiger partial charge in [-0.3, -0.25) is 4.79 Å². The summed E-state index contributed by atoms with van der Waals surface area (Å²) < 4.78 is 15.2. The van der Waals surface area contributed by atoms with E-state index in [0.29, 0.717) is 17.8 Å². The second kappa shape index (κ2) is 5.58. The van der Waals surface area contributed by atoms with E-state index in [1.807, 2.05) is 6.92 Å². The Hall–Kier alpha value is -1.95. The van der Waals surface area contributed by atoms with Crippen molar-refractivity contribution in [1.29, 1.82) is 0 Å². The fourth-order valence-electron chi connectivity index (χ4n) is 2.26. The summed E-state index contributed by atoms with van der Waals surface area (Å²) in [5.41, 5.74) is 6.01. The molecule has 6 heteroatoms. The normalized spacial score (nSPS) is 12.7. The highest BCUT2D eigenvalue weighted by Gasteiger charge is 2.19. The topological polar surface area (TPSA) is 64.1 Å². The third-order valence-electron chi connectivity index (χ3n) is 3.18. The lowest BCUT2D eigenvalue weighted by Gasteiger charge is -2.23. The van der Waals surface area contributed by atoms with Crippen molar-refractivity contribution in [1.82, 2.24) is 9.66 Å². The van der Waals surface area contributed by atoms with Crippen LogP contribution in [0.2, 0.25) is 0 Å². The summed E-state index contributed by atoms with van der Waals surface area (Å²) in [6, 6.07) is 4.07. The Kier molecular flexibility index (Phi) is 4.04. The standard InChI is InChI=1S/C14H19FN4O/c1-4-6-10(16)13-17-11-8-5-7-9(15)12(11)14(20)19(13)18(2)3/h5,7-8,10H,4,6,16H2,1-3H3/t10-/m0/s1. The molecular formula is C14H19FN4O. The van der Waals surface area contributed by atoms with Gasteiger partial charge in [0.1, 0.15) is 17.0 Å². The molecule has 1 atom stereocenters. The Morgan fingerprint density at radius 2 is 2.15 bits per heavy atom. The van der Waals surface area contributed by atoms with Gasteiger partial charge in [-0.05, 0) is 18.6 Å². The van der Waals surface area contributed by atoms with E-state index in [9.17, 15) is 9.18 Å². The first-order valence-electron chi connectivity index (χ1n) is 6.61. The number of aromatic nitrogens is 2. The van der Waals surface area contributed by atoms with E-state index in [2.05, 4.69) is 4.98 Å². The van der Waals surface area contributed by atoms with Crippen molar-refractivity contribution in [2.24, 2.45) is 5.73 Å². The molecule has 0 amide bonds. The minimum atomic E-state index is -0.564. The Morgan fingerprint density at radius 3 is 2.75 bits per heavy atom. The summed E-state index contributed by atoms with van der Waals surface area (Å²) in [4.78, 5) is 16.9. The maximum absolute atomic E-state index is 13.9. The minimum absolute atomic E-state index is 0.00588. The third-order valence-corrected chi connectivity index (χ3v) is 3.18. The molecule has 2 aromatic rings. The van der Waals surface area contributed by atoms with Gasteiger partial charge in [0.2, 0.25) is 0 Å². The second-order valence-electron chi connectivity index (χ2n) is 4.96. The minimum Gasteiger partial charge on any atom is -0.321 e. The van der Waals surface area contributed by atoms with Crippen molar-refractivity contribution in [3.05, 3.63) is 40.2 Å². The first kappa shape index (κ1) is 14.5. The van der Waals surface area contributed by atoms with E-state index < -0.39 is 11.4 Å². The monoisotopic (exact) mass is 278 g/mol. The molecular weight excluding hydrogens is 259 g/mol. The van der Waals surface area contributed by atoms with Gasteiger partial charge in [-0.2, -0.15) is 0 Å². The molecule has 1 aromatic heterocycles. The van der Waals surface area contributed by atoms with Crippen LogP contribution in [0.4, 0.5) is 4.39 Å². The lowest BCUT2D eigenvalue weighted by molar-refractivity contribution is 0.534. The summed E-state index contributed by atoms with van der Waals surface area (Å²) in [6.45, 7) is 2.01. The van der Waals surface area contributed by atoms with Crippen molar-refractivity contribution in [2.75, 3.05) is 19.1 Å². The molecule has 0 aliphatic heterocycles. The largest absolute Gasteiger partial charge is 0.321 e. The van der Waals surface area contributed by atoms with Gasteiger partial charge < -0.3 is 10.7 Å². The molecule has 2 N–H and O–H groups in total. The number of fused-ring (bicyclic) bond motifs is 1. The molecule has 0 unspecified atom stereocenters. The molecule has 5 nitrogen and oxygen atoms in total. The predicted molar refractivity (Wildman–Crippen MR) is 77.9 cm³/mol. The highest BCUT2D eigenvalue weighted by molar-refractivity contribution is 5.78. The van der Waals surface area contributed by atoms with Crippen LogP contribution in [0.3, 0.4) is 0 Å². The van der Waals surface area contributed by atoms with E-state index in [1.165, 1.54) is 10.7 Å². The summed E-state index contributed by atoms with van der Waals surface area (Å²) >= 11 is 0. The average Bonchev–Trinajstić information content (AvgIpc) is 2.38. The molecule has 2 rings (SSSR count). The van der Waals surface area contributed by atoms with Crippen molar-refractivity contribution in [3.63, 3.8) is 0 Å². The van der Waals surface area contributed by atoms with Gasteiger partial charge >= 0.3 is 0 Å². The lowest BCUT2D eigenvalue weighted by Crippen LogP contribution is -2.41. The van der Waals surface area contributed by atoms with E-state index in [4.69, 9.17) is 5.73 Å². The highest BCUT2D eigenvalue weighted by Crippen LogP contribution is 2.17. The van der Waals surface area contributed by atoms with Crippen LogP contribution in [0.25, 0.3) is 10.9 Å². The predicted octanol–water partition coefficient (Wildman–Crippen LogP) is 1.53. The average molecular weight is 278 g/mol. The van der Waals surface area contributed by atoms with Crippen LogP contribution in [0.15, 0.2) is 23.0 Å². The number of nitrogens with two attached hydrogens (primary N) is 1. The zero-order valence-electron chi connectivity index (χ0n) is 11.9. The second-order valence-corrected chi connectivity index (χ2v) is 4.96. The number of benzene rings is 1. The fourth-order valence-corrected chi connectivity index (χ4v) is 2.26. The van der Waals surface area contributed by atoms with Crippen molar-refractivity contribution in [3.8, 4) is 0 Å². The van der Waals surface area contributed by atoms with Gasteiger partial charge in [0.15, 0.2) is 0 Å². The molecule has 0 spiro atoms. The first-order chi connectivity index (χ1) is 9.47. The van der Waals surface area contributed by atoms with Crippen molar-refractivity contribution < 1.29 is 4.39 Å². The zero-order valence-corrected chi connectivity index (χ0v) is 11.9. The summed E-state index contributed by atoms with van der Waals surface area (Å²) in [6.07, 6.45) is 1.59. The number of hydrogen-bond acceptors (Lipinski definition) is 4. The number of nitrogens with zero attached hydrogens (tertiary/aromatic N) is 3. The van der Waals surface area contributed by atoms with E-state index in [0.717, 1.165) is 6.42 Å². The van der Waals surface area contributed by atoms with Crippen LogP contribution < -0.4 is 16.3 Å². The lowest BCUT2D eigenvalue weighted by atomic mass is 10.1. The van der Waals surface area contributed by atoms with E-state index >= 15 is 0 Å². The van der Waals surface area contributed by atoms with Crippen molar-refractivity contribution in [2.45, 2.75) is 25.8 Å². The Labute approximate surface area is 116 Å².